The number of ether oxygens (including phenoxy) is 2. The number of nitrogens with zero attached hydrogens (tertiary/aromatic N) is 1. The minimum atomic E-state index is -1.14. The maximum Gasteiger partial charge on any atom is 0.323 e. The van der Waals surface area contributed by atoms with Crippen LogP contribution >= 0.6 is 23.2 Å². The summed E-state index contributed by atoms with van der Waals surface area (Å²) < 4.78 is 25.7. The Hall–Kier alpha value is -3.29. The number of aliphatic carboxylic acids is 1. The monoisotopic (exact) mass is 531 g/mol. The van der Waals surface area contributed by atoms with E-state index in [2.05, 4.69) is 0 Å². The lowest BCUT2D eigenvalue weighted by molar-refractivity contribution is -0.137. The van der Waals surface area contributed by atoms with E-state index >= 15 is 0 Å². The first kappa shape index (κ1) is 25.8. The molecule has 0 fully saturated rings. The molecule has 188 valence electrons. The Bertz CT molecular complexity index is 1330. The summed E-state index contributed by atoms with van der Waals surface area (Å²) in [5.41, 5.74) is 1.64. The summed E-state index contributed by atoms with van der Waals surface area (Å²) in [6.45, 7) is 1.43. The highest BCUT2D eigenvalue weighted by Crippen LogP contribution is 2.44. The minimum Gasteiger partial charge on any atom is -0.493 e. The molecule has 0 aromatic heterocycles. The third kappa shape index (κ3) is 5.58. The van der Waals surface area contributed by atoms with Crippen LogP contribution in [0.4, 0.5) is 4.39 Å². The zero-order valence-electron chi connectivity index (χ0n) is 19.7. The summed E-state index contributed by atoms with van der Waals surface area (Å²) in [5.74, 6) is -1.27. The SMILES string of the molecule is COc1cc(C(=O)N(CC(=O)O)Cc2ccccc2Cl)cc2c1OC(C)(Cc1ccc(Cl)c(F)c1)C2. The predicted octanol–water partition coefficient (Wildman–Crippen LogP) is 5.80. The number of carboxylic acids is 1. The standard InChI is InChI=1S/C27H24Cl2FNO5/c1-27(12-16-7-8-21(29)22(30)9-16)13-19-10-18(11-23(35-2)25(19)36-27)26(34)31(15-24(32)33)14-17-5-3-4-6-20(17)28/h3-11H,12-15H2,1-2H3,(H,32,33). The van der Waals surface area contributed by atoms with Crippen molar-refractivity contribution >= 4 is 35.1 Å². The smallest absolute Gasteiger partial charge is 0.323 e. The Morgan fingerprint density at radius 3 is 2.56 bits per heavy atom. The number of amides is 1. The van der Waals surface area contributed by atoms with Gasteiger partial charge in [-0.3, -0.25) is 9.59 Å². The van der Waals surface area contributed by atoms with E-state index < -0.39 is 29.8 Å². The van der Waals surface area contributed by atoms with Crippen molar-refractivity contribution in [1.29, 1.82) is 0 Å². The molecule has 6 nitrogen and oxygen atoms in total. The van der Waals surface area contributed by atoms with Crippen LogP contribution in [-0.2, 0) is 24.2 Å². The highest BCUT2D eigenvalue weighted by molar-refractivity contribution is 6.31. The summed E-state index contributed by atoms with van der Waals surface area (Å²) in [6.07, 6.45) is 0.841. The number of methoxy groups -OCH3 is 1. The van der Waals surface area contributed by atoms with E-state index in [4.69, 9.17) is 32.7 Å². The molecule has 0 saturated carbocycles. The van der Waals surface area contributed by atoms with E-state index in [0.717, 1.165) is 11.1 Å². The Morgan fingerprint density at radius 2 is 1.89 bits per heavy atom. The number of carbonyl (C=O) groups excluding carboxylic acids is 1. The normalized spacial score (nSPS) is 16.2. The first-order valence-corrected chi connectivity index (χ1v) is 11.9. The van der Waals surface area contributed by atoms with Crippen molar-refractivity contribution in [1.82, 2.24) is 4.90 Å². The van der Waals surface area contributed by atoms with Gasteiger partial charge in [-0.1, -0.05) is 47.5 Å². The number of fused-ring (bicyclic) bond motifs is 1. The summed E-state index contributed by atoms with van der Waals surface area (Å²) in [6, 6.07) is 14.8. The van der Waals surface area contributed by atoms with Crippen molar-refractivity contribution in [3.63, 3.8) is 0 Å². The molecule has 0 aliphatic carbocycles. The van der Waals surface area contributed by atoms with E-state index in [1.54, 1.807) is 36.4 Å². The van der Waals surface area contributed by atoms with Crippen LogP contribution in [0.5, 0.6) is 11.5 Å². The van der Waals surface area contributed by atoms with Crippen LogP contribution in [0.25, 0.3) is 0 Å². The van der Waals surface area contributed by atoms with Crippen molar-refractivity contribution in [3.8, 4) is 11.5 Å². The fourth-order valence-corrected chi connectivity index (χ4v) is 4.74. The summed E-state index contributed by atoms with van der Waals surface area (Å²) in [5, 5.41) is 9.91. The van der Waals surface area contributed by atoms with Gasteiger partial charge in [0.2, 0.25) is 0 Å². The zero-order chi connectivity index (χ0) is 26.0. The first-order valence-electron chi connectivity index (χ1n) is 11.2. The molecule has 1 aliphatic heterocycles. The van der Waals surface area contributed by atoms with E-state index in [0.29, 0.717) is 34.9 Å². The summed E-state index contributed by atoms with van der Waals surface area (Å²) >= 11 is 12.0. The molecular formula is C27H24Cl2FNO5. The van der Waals surface area contributed by atoms with Crippen LogP contribution < -0.4 is 9.47 Å². The number of rotatable bonds is 8. The Morgan fingerprint density at radius 1 is 1.14 bits per heavy atom. The molecule has 4 rings (SSSR count). The lowest BCUT2D eigenvalue weighted by atomic mass is 9.91. The van der Waals surface area contributed by atoms with Gasteiger partial charge in [0, 0.05) is 35.5 Å². The molecule has 1 heterocycles. The van der Waals surface area contributed by atoms with E-state index in [-0.39, 0.29) is 17.1 Å². The molecule has 36 heavy (non-hydrogen) atoms. The number of carbonyl (C=O) groups is 2. The van der Waals surface area contributed by atoms with Gasteiger partial charge in [-0.25, -0.2) is 4.39 Å². The quantitative estimate of drug-likeness (QED) is 0.397. The Kier molecular flexibility index (Phi) is 7.43. The average molecular weight is 532 g/mol. The average Bonchev–Trinajstić information content (AvgIpc) is 3.16. The predicted molar refractivity (Wildman–Crippen MR) is 135 cm³/mol. The van der Waals surface area contributed by atoms with Crippen LogP contribution in [-0.4, -0.2) is 41.1 Å². The van der Waals surface area contributed by atoms with E-state index in [1.807, 2.05) is 6.92 Å². The number of halogens is 3. The fraction of sp³-hybridized carbons (Fsp3) is 0.259. The number of carboxylic acid groups (broad SMARTS) is 1. The molecule has 1 unspecified atom stereocenters. The van der Waals surface area contributed by atoms with Gasteiger partial charge < -0.3 is 19.5 Å². The van der Waals surface area contributed by atoms with E-state index in [9.17, 15) is 19.1 Å². The van der Waals surface area contributed by atoms with Gasteiger partial charge in [0.1, 0.15) is 18.0 Å². The molecule has 1 aliphatic rings. The van der Waals surface area contributed by atoms with Crippen LogP contribution in [0, 0.1) is 5.82 Å². The molecular weight excluding hydrogens is 508 g/mol. The van der Waals surface area contributed by atoms with Gasteiger partial charge in [0.05, 0.1) is 12.1 Å². The summed E-state index contributed by atoms with van der Waals surface area (Å²) in [4.78, 5) is 26.2. The lowest BCUT2D eigenvalue weighted by Crippen LogP contribution is -2.35. The lowest BCUT2D eigenvalue weighted by Gasteiger charge is -2.24. The molecule has 0 saturated heterocycles. The maximum absolute atomic E-state index is 14.0. The highest BCUT2D eigenvalue weighted by Gasteiger charge is 2.38. The fourth-order valence-electron chi connectivity index (χ4n) is 4.43. The number of hydrogen-bond acceptors (Lipinski definition) is 4. The molecule has 1 amide bonds. The van der Waals surface area contributed by atoms with Crippen molar-refractivity contribution in [2.75, 3.05) is 13.7 Å². The second-order valence-electron chi connectivity index (χ2n) is 8.97. The molecule has 1 N–H and O–H groups in total. The van der Waals surface area contributed by atoms with Crippen LogP contribution in [0.1, 0.15) is 34.0 Å². The van der Waals surface area contributed by atoms with Crippen LogP contribution in [0.15, 0.2) is 54.6 Å². The van der Waals surface area contributed by atoms with Crippen molar-refractivity contribution < 1.29 is 28.6 Å². The first-order chi connectivity index (χ1) is 17.1. The third-order valence-corrected chi connectivity index (χ3v) is 6.68. The number of benzene rings is 3. The molecule has 0 spiro atoms. The molecule has 3 aromatic rings. The van der Waals surface area contributed by atoms with Gasteiger partial charge in [-0.15, -0.1) is 0 Å². The van der Waals surface area contributed by atoms with Crippen molar-refractivity contribution in [2.24, 2.45) is 0 Å². The van der Waals surface area contributed by atoms with E-state index in [1.165, 1.54) is 30.2 Å². The minimum absolute atomic E-state index is 0.0283. The van der Waals surface area contributed by atoms with Crippen LogP contribution in [0.2, 0.25) is 10.0 Å². The van der Waals surface area contributed by atoms with Crippen molar-refractivity contribution in [2.45, 2.75) is 31.9 Å². The Labute approximate surface area is 218 Å². The molecule has 9 heteroatoms. The highest BCUT2D eigenvalue weighted by atomic mass is 35.5. The van der Waals surface area contributed by atoms with Crippen LogP contribution in [0.3, 0.4) is 0 Å². The second-order valence-corrected chi connectivity index (χ2v) is 9.78. The second kappa shape index (κ2) is 10.4. The molecule has 0 bridgehead atoms. The number of hydrogen-bond donors (Lipinski definition) is 1. The van der Waals surface area contributed by atoms with Gasteiger partial charge in [0.25, 0.3) is 5.91 Å². The summed E-state index contributed by atoms with van der Waals surface area (Å²) in [7, 11) is 1.47. The topological polar surface area (TPSA) is 76.1 Å². The van der Waals surface area contributed by atoms with Gasteiger partial charge in [0.15, 0.2) is 11.5 Å². The molecule has 3 aromatic carbocycles. The Balaban J connectivity index is 1.62. The van der Waals surface area contributed by atoms with Gasteiger partial charge in [-0.05, 0) is 48.4 Å². The zero-order valence-corrected chi connectivity index (χ0v) is 21.2. The molecule has 0 radical (unpaired) electrons. The third-order valence-electron chi connectivity index (χ3n) is 6.01. The molecule has 1 atom stereocenters. The maximum atomic E-state index is 14.0. The largest absolute Gasteiger partial charge is 0.493 e. The van der Waals surface area contributed by atoms with Crippen molar-refractivity contribution in [3.05, 3.63) is 92.7 Å². The van der Waals surface area contributed by atoms with Gasteiger partial charge in [-0.2, -0.15) is 0 Å². The van der Waals surface area contributed by atoms with Gasteiger partial charge >= 0.3 is 5.97 Å².